The molecule has 92 valence electrons. The van der Waals surface area contributed by atoms with E-state index in [1.807, 2.05) is 20.8 Å². The van der Waals surface area contributed by atoms with Gasteiger partial charge < -0.3 is 0 Å². The molecule has 1 unspecified atom stereocenters. The summed E-state index contributed by atoms with van der Waals surface area (Å²) in [4.78, 5) is 19.6. The van der Waals surface area contributed by atoms with Crippen molar-refractivity contribution in [1.29, 1.82) is 0 Å². The number of halogens is 1. The maximum absolute atomic E-state index is 13.7. The van der Waals surface area contributed by atoms with E-state index in [1.165, 1.54) is 0 Å². The molecule has 0 spiro atoms. The molecule has 1 aliphatic rings. The van der Waals surface area contributed by atoms with Crippen LogP contribution in [0.15, 0.2) is 6.20 Å². The van der Waals surface area contributed by atoms with Crippen LogP contribution in [0.1, 0.15) is 38.2 Å². The van der Waals surface area contributed by atoms with Crippen LogP contribution in [-0.2, 0) is 10.2 Å². The Bertz CT molecular complexity index is 455. The van der Waals surface area contributed by atoms with Gasteiger partial charge in [0.15, 0.2) is 5.82 Å². The number of hydrogen-bond acceptors (Lipinski definition) is 4. The van der Waals surface area contributed by atoms with Crippen molar-refractivity contribution in [2.45, 2.75) is 32.1 Å². The average molecular weight is 238 g/mol. The second kappa shape index (κ2) is 4.03. The second-order valence-electron chi connectivity index (χ2n) is 5.10. The maximum atomic E-state index is 13.7. The summed E-state index contributed by atoms with van der Waals surface area (Å²) in [6.07, 6.45) is 1.13. The van der Waals surface area contributed by atoms with E-state index < -0.39 is 11.7 Å². The molecule has 2 heterocycles. The standard InChI is InChI=1S/C11H15FN4O/c1-11(2,3)10-13-5-7(12)8(15-10)6-4-14-16-9(6)17/h5-6,14H,4H2,1-3H3,(H,16,17). The largest absolute Gasteiger partial charge is 0.291 e. The summed E-state index contributed by atoms with van der Waals surface area (Å²) >= 11 is 0. The second-order valence-corrected chi connectivity index (χ2v) is 5.10. The lowest BCUT2D eigenvalue weighted by Crippen LogP contribution is -2.26. The fourth-order valence-corrected chi connectivity index (χ4v) is 1.63. The van der Waals surface area contributed by atoms with Crippen LogP contribution in [0.2, 0.25) is 0 Å². The van der Waals surface area contributed by atoms with Gasteiger partial charge in [-0.25, -0.2) is 19.8 Å². The van der Waals surface area contributed by atoms with Gasteiger partial charge >= 0.3 is 0 Å². The predicted molar refractivity (Wildman–Crippen MR) is 59.6 cm³/mol. The highest BCUT2D eigenvalue weighted by Crippen LogP contribution is 2.23. The summed E-state index contributed by atoms with van der Waals surface area (Å²) in [5.41, 5.74) is 5.00. The van der Waals surface area contributed by atoms with Gasteiger partial charge in [-0.15, -0.1) is 0 Å². The first kappa shape index (κ1) is 11.9. The Hall–Kier alpha value is -1.56. The third kappa shape index (κ3) is 2.26. The molecule has 1 saturated heterocycles. The number of nitrogens with one attached hydrogen (secondary N) is 2. The molecular formula is C11H15FN4O. The Kier molecular flexibility index (Phi) is 2.82. The number of aromatic nitrogens is 2. The van der Waals surface area contributed by atoms with Crippen molar-refractivity contribution in [1.82, 2.24) is 20.8 Å². The predicted octanol–water partition coefficient (Wildman–Crippen LogP) is 0.631. The van der Waals surface area contributed by atoms with Gasteiger partial charge in [0.1, 0.15) is 5.82 Å². The normalized spacial score (nSPS) is 20.5. The molecule has 0 bridgehead atoms. The van der Waals surface area contributed by atoms with Gasteiger partial charge in [0.2, 0.25) is 5.91 Å². The molecule has 1 fully saturated rings. The minimum atomic E-state index is -0.584. The first-order valence-corrected chi connectivity index (χ1v) is 5.45. The Morgan fingerprint density at radius 3 is 2.71 bits per heavy atom. The first-order chi connectivity index (χ1) is 7.89. The Labute approximate surface area is 98.8 Å². The summed E-state index contributed by atoms with van der Waals surface area (Å²) < 4.78 is 13.7. The monoisotopic (exact) mass is 238 g/mol. The van der Waals surface area contributed by atoms with Gasteiger partial charge in [0, 0.05) is 12.0 Å². The first-order valence-electron chi connectivity index (χ1n) is 5.45. The minimum absolute atomic E-state index is 0.160. The van der Waals surface area contributed by atoms with E-state index in [-0.39, 0.29) is 17.0 Å². The Morgan fingerprint density at radius 2 is 2.18 bits per heavy atom. The molecule has 17 heavy (non-hydrogen) atoms. The lowest BCUT2D eigenvalue weighted by molar-refractivity contribution is -0.120. The van der Waals surface area contributed by atoms with Crippen molar-refractivity contribution in [2.75, 3.05) is 6.54 Å². The summed E-state index contributed by atoms with van der Waals surface area (Å²) in [5, 5.41) is 0. The van der Waals surface area contributed by atoms with Gasteiger partial charge in [-0.05, 0) is 0 Å². The van der Waals surface area contributed by atoms with E-state index in [9.17, 15) is 9.18 Å². The summed E-state index contributed by atoms with van der Waals surface area (Å²) in [5.74, 6) is -0.850. The van der Waals surface area contributed by atoms with E-state index >= 15 is 0 Å². The Morgan fingerprint density at radius 1 is 1.47 bits per heavy atom. The SMILES string of the molecule is CC(C)(C)c1ncc(F)c(C2CNNC2=O)n1. The molecule has 1 aromatic heterocycles. The number of hydrogen-bond donors (Lipinski definition) is 2. The van der Waals surface area contributed by atoms with Crippen LogP contribution in [0.3, 0.4) is 0 Å². The number of hydrazine groups is 1. The number of rotatable bonds is 1. The van der Waals surface area contributed by atoms with Crippen molar-refractivity contribution in [3.05, 3.63) is 23.5 Å². The Balaban J connectivity index is 2.42. The summed E-state index contributed by atoms with van der Waals surface area (Å²) in [6.45, 7) is 6.17. The smallest absolute Gasteiger partial charge is 0.244 e. The van der Waals surface area contributed by atoms with Crippen LogP contribution in [0, 0.1) is 5.82 Å². The van der Waals surface area contributed by atoms with Crippen molar-refractivity contribution in [2.24, 2.45) is 0 Å². The third-order valence-electron chi connectivity index (χ3n) is 2.61. The third-order valence-corrected chi connectivity index (χ3v) is 2.61. The molecule has 2 N–H and O–H groups in total. The molecule has 1 aliphatic heterocycles. The molecular weight excluding hydrogens is 223 g/mol. The lowest BCUT2D eigenvalue weighted by atomic mass is 9.95. The van der Waals surface area contributed by atoms with Gasteiger partial charge in [0.25, 0.3) is 0 Å². The molecule has 0 aromatic carbocycles. The fraction of sp³-hybridized carbons (Fsp3) is 0.545. The van der Waals surface area contributed by atoms with Crippen LogP contribution < -0.4 is 10.9 Å². The molecule has 2 rings (SSSR count). The molecule has 0 radical (unpaired) electrons. The van der Waals surface area contributed by atoms with E-state index in [0.29, 0.717) is 12.4 Å². The molecule has 0 aliphatic carbocycles. The van der Waals surface area contributed by atoms with Gasteiger partial charge in [-0.1, -0.05) is 20.8 Å². The van der Waals surface area contributed by atoms with Crippen molar-refractivity contribution >= 4 is 5.91 Å². The molecule has 1 atom stereocenters. The topological polar surface area (TPSA) is 66.9 Å². The summed E-state index contributed by atoms with van der Waals surface area (Å²) in [6, 6.07) is 0. The number of amides is 1. The highest BCUT2D eigenvalue weighted by molar-refractivity contribution is 5.84. The zero-order valence-electron chi connectivity index (χ0n) is 10.0. The summed E-state index contributed by atoms with van der Waals surface area (Å²) in [7, 11) is 0. The van der Waals surface area contributed by atoms with Gasteiger partial charge in [0.05, 0.1) is 17.8 Å². The highest BCUT2D eigenvalue weighted by atomic mass is 19.1. The number of nitrogens with zero attached hydrogens (tertiary/aromatic N) is 2. The molecule has 5 nitrogen and oxygen atoms in total. The van der Waals surface area contributed by atoms with Crippen LogP contribution in [0.4, 0.5) is 4.39 Å². The highest BCUT2D eigenvalue weighted by Gasteiger charge is 2.31. The fourth-order valence-electron chi connectivity index (χ4n) is 1.63. The van der Waals surface area contributed by atoms with E-state index in [4.69, 9.17) is 0 Å². The zero-order valence-corrected chi connectivity index (χ0v) is 10.0. The van der Waals surface area contributed by atoms with Crippen LogP contribution in [-0.4, -0.2) is 22.4 Å². The molecule has 1 amide bonds. The van der Waals surface area contributed by atoms with Crippen molar-refractivity contribution in [3.63, 3.8) is 0 Å². The van der Waals surface area contributed by atoms with Crippen LogP contribution in [0.5, 0.6) is 0 Å². The van der Waals surface area contributed by atoms with Gasteiger partial charge in [-0.2, -0.15) is 0 Å². The van der Waals surface area contributed by atoms with E-state index in [2.05, 4.69) is 20.8 Å². The molecule has 0 saturated carbocycles. The number of carbonyl (C=O) groups excluding carboxylic acids is 1. The van der Waals surface area contributed by atoms with Crippen LogP contribution >= 0.6 is 0 Å². The van der Waals surface area contributed by atoms with E-state index in [1.54, 1.807) is 0 Å². The van der Waals surface area contributed by atoms with E-state index in [0.717, 1.165) is 6.20 Å². The lowest BCUT2D eigenvalue weighted by Gasteiger charge is -2.18. The maximum Gasteiger partial charge on any atom is 0.244 e. The molecule has 6 heteroatoms. The minimum Gasteiger partial charge on any atom is -0.291 e. The molecule has 1 aromatic rings. The number of carbonyl (C=O) groups is 1. The van der Waals surface area contributed by atoms with Gasteiger partial charge in [-0.3, -0.25) is 10.2 Å². The quantitative estimate of drug-likeness (QED) is 0.753. The average Bonchev–Trinajstić information content (AvgIpc) is 2.63. The van der Waals surface area contributed by atoms with Crippen LogP contribution in [0.25, 0.3) is 0 Å². The van der Waals surface area contributed by atoms with Crippen molar-refractivity contribution < 1.29 is 9.18 Å². The van der Waals surface area contributed by atoms with Crippen molar-refractivity contribution in [3.8, 4) is 0 Å². The zero-order chi connectivity index (χ0) is 12.6.